The highest BCUT2D eigenvalue weighted by molar-refractivity contribution is 5.33. The lowest BCUT2D eigenvalue weighted by Gasteiger charge is -2.40. The summed E-state index contributed by atoms with van der Waals surface area (Å²) in [5.41, 5.74) is 2.87. The molecule has 1 aliphatic rings. The van der Waals surface area contributed by atoms with Crippen molar-refractivity contribution in [3.8, 4) is 0 Å². The Morgan fingerprint density at radius 3 is 2.81 bits per heavy atom. The van der Waals surface area contributed by atoms with Gasteiger partial charge in [-0.15, -0.1) is 0 Å². The van der Waals surface area contributed by atoms with Gasteiger partial charge in [0.1, 0.15) is 0 Å². The number of hydrogen-bond donors (Lipinski definition) is 1. The molecule has 1 heterocycles. The van der Waals surface area contributed by atoms with E-state index in [0.29, 0.717) is 6.04 Å². The summed E-state index contributed by atoms with van der Waals surface area (Å²) in [4.78, 5) is 2.34. The first kappa shape index (κ1) is 11.6. The molecule has 0 spiro atoms. The second-order valence-electron chi connectivity index (χ2n) is 4.71. The maximum Gasteiger partial charge on any atom is 0.0590 e. The molecule has 0 amide bonds. The quantitative estimate of drug-likeness (QED) is 0.843. The molecule has 16 heavy (non-hydrogen) atoms. The van der Waals surface area contributed by atoms with Crippen LogP contribution in [0.15, 0.2) is 24.3 Å². The second-order valence-corrected chi connectivity index (χ2v) is 4.71. The first-order valence-electron chi connectivity index (χ1n) is 6.18. The SMILES string of the molecule is CCC[C@@H]1c2ccccc2C[C@@H](CO)N1C. The lowest BCUT2D eigenvalue weighted by atomic mass is 9.87. The molecule has 0 unspecified atom stereocenters. The smallest absolute Gasteiger partial charge is 0.0590 e. The van der Waals surface area contributed by atoms with Gasteiger partial charge in [0.05, 0.1) is 6.61 Å². The third kappa shape index (κ3) is 2.00. The Labute approximate surface area is 97.9 Å². The molecule has 2 rings (SSSR count). The Morgan fingerprint density at radius 1 is 1.38 bits per heavy atom. The maximum absolute atomic E-state index is 9.43. The average Bonchev–Trinajstić information content (AvgIpc) is 2.32. The van der Waals surface area contributed by atoms with Crippen LogP contribution >= 0.6 is 0 Å². The summed E-state index contributed by atoms with van der Waals surface area (Å²) < 4.78 is 0. The highest BCUT2D eigenvalue weighted by Gasteiger charge is 2.30. The zero-order valence-electron chi connectivity index (χ0n) is 10.2. The van der Waals surface area contributed by atoms with Crippen molar-refractivity contribution in [1.29, 1.82) is 0 Å². The van der Waals surface area contributed by atoms with Crippen LogP contribution in [0.2, 0.25) is 0 Å². The summed E-state index contributed by atoms with van der Waals surface area (Å²) in [5, 5.41) is 9.43. The summed E-state index contributed by atoms with van der Waals surface area (Å²) in [5.74, 6) is 0. The van der Waals surface area contributed by atoms with Crippen molar-refractivity contribution >= 4 is 0 Å². The van der Waals surface area contributed by atoms with Crippen molar-refractivity contribution in [2.75, 3.05) is 13.7 Å². The summed E-state index contributed by atoms with van der Waals surface area (Å²) in [6.07, 6.45) is 3.33. The van der Waals surface area contributed by atoms with E-state index in [1.54, 1.807) is 0 Å². The van der Waals surface area contributed by atoms with Gasteiger partial charge in [-0.2, -0.15) is 0 Å². The number of aliphatic hydroxyl groups excluding tert-OH is 1. The topological polar surface area (TPSA) is 23.5 Å². The molecule has 1 N–H and O–H groups in total. The van der Waals surface area contributed by atoms with Gasteiger partial charge in [0.2, 0.25) is 0 Å². The van der Waals surface area contributed by atoms with E-state index in [2.05, 4.69) is 43.1 Å². The monoisotopic (exact) mass is 219 g/mol. The molecule has 2 heteroatoms. The Balaban J connectivity index is 2.34. The van der Waals surface area contributed by atoms with Crippen molar-refractivity contribution in [2.24, 2.45) is 0 Å². The minimum absolute atomic E-state index is 0.255. The van der Waals surface area contributed by atoms with Crippen molar-refractivity contribution in [1.82, 2.24) is 4.90 Å². The second kappa shape index (κ2) is 4.98. The standard InChI is InChI=1S/C14H21NO/c1-3-6-14-13-8-5-4-7-11(13)9-12(10-16)15(14)2/h4-5,7-8,12,14,16H,3,6,9-10H2,1-2H3/t12-,14+/m0/s1. The molecule has 0 radical (unpaired) electrons. The fourth-order valence-corrected chi connectivity index (χ4v) is 2.74. The Bertz CT molecular complexity index is 350. The highest BCUT2D eigenvalue weighted by atomic mass is 16.3. The van der Waals surface area contributed by atoms with Gasteiger partial charge in [0.25, 0.3) is 0 Å². The third-order valence-electron chi connectivity index (χ3n) is 3.71. The van der Waals surface area contributed by atoms with E-state index >= 15 is 0 Å². The molecule has 2 nitrogen and oxygen atoms in total. The summed E-state index contributed by atoms with van der Waals surface area (Å²) >= 11 is 0. The van der Waals surface area contributed by atoms with Crippen LogP contribution in [0.5, 0.6) is 0 Å². The molecule has 0 aliphatic carbocycles. The molecule has 0 saturated heterocycles. The van der Waals surface area contributed by atoms with Crippen molar-refractivity contribution in [2.45, 2.75) is 38.3 Å². The zero-order chi connectivity index (χ0) is 11.5. The van der Waals surface area contributed by atoms with Gasteiger partial charge >= 0.3 is 0 Å². The molecule has 1 aliphatic heterocycles. The van der Waals surface area contributed by atoms with Gasteiger partial charge in [0, 0.05) is 12.1 Å². The first-order chi connectivity index (χ1) is 7.77. The van der Waals surface area contributed by atoms with E-state index in [0.717, 1.165) is 6.42 Å². The fraction of sp³-hybridized carbons (Fsp3) is 0.571. The van der Waals surface area contributed by atoms with Crippen LogP contribution in [0.3, 0.4) is 0 Å². The van der Waals surface area contributed by atoms with Crippen LogP contribution < -0.4 is 0 Å². The Morgan fingerprint density at radius 2 is 2.12 bits per heavy atom. The van der Waals surface area contributed by atoms with E-state index in [-0.39, 0.29) is 12.6 Å². The molecule has 1 aromatic rings. The number of nitrogens with zero attached hydrogens (tertiary/aromatic N) is 1. The van der Waals surface area contributed by atoms with E-state index < -0.39 is 0 Å². The predicted octanol–water partition coefficient (Wildman–Crippen LogP) is 2.38. The highest BCUT2D eigenvalue weighted by Crippen LogP contribution is 2.34. The van der Waals surface area contributed by atoms with Crippen LogP contribution in [0.4, 0.5) is 0 Å². The molecule has 1 aromatic carbocycles. The number of benzene rings is 1. The van der Waals surface area contributed by atoms with Crippen molar-refractivity contribution in [3.63, 3.8) is 0 Å². The molecule has 0 fully saturated rings. The van der Waals surface area contributed by atoms with Crippen molar-refractivity contribution in [3.05, 3.63) is 35.4 Å². The number of likely N-dealkylation sites (N-methyl/N-ethyl adjacent to an activating group) is 1. The summed E-state index contributed by atoms with van der Waals surface area (Å²) in [6, 6.07) is 9.42. The Kier molecular flexibility index (Phi) is 3.62. The minimum atomic E-state index is 0.255. The third-order valence-corrected chi connectivity index (χ3v) is 3.71. The van der Waals surface area contributed by atoms with Gasteiger partial charge in [-0.1, -0.05) is 37.6 Å². The van der Waals surface area contributed by atoms with E-state index in [4.69, 9.17) is 0 Å². The number of hydrogen-bond acceptors (Lipinski definition) is 2. The van der Waals surface area contributed by atoms with E-state index in [1.165, 1.54) is 24.0 Å². The van der Waals surface area contributed by atoms with E-state index in [9.17, 15) is 5.11 Å². The molecular weight excluding hydrogens is 198 g/mol. The molecule has 0 aromatic heterocycles. The normalized spacial score (nSPS) is 25.4. The minimum Gasteiger partial charge on any atom is -0.395 e. The molecule has 2 atom stereocenters. The number of rotatable bonds is 3. The largest absolute Gasteiger partial charge is 0.395 e. The number of aliphatic hydroxyl groups is 1. The van der Waals surface area contributed by atoms with Crippen LogP contribution in [0.1, 0.15) is 36.9 Å². The number of fused-ring (bicyclic) bond motifs is 1. The van der Waals surface area contributed by atoms with Crippen molar-refractivity contribution < 1.29 is 5.11 Å². The first-order valence-corrected chi connectivity index (χ1v) is 6.18. The summed E-state index contributed by atoms with van der Waals surface area (Å²) in [7, 11) is 2.14. The molecular formula is C14H21NO. The summed E-state index contributed by atoms with van der Waals surface area (Å²) in [6.45, 7) is 2.48. The van der Waals surface area contributed by atoms with Gasteiger partial charge in [0.15, 0.2) is 0 Å². The maximum atomic E-state index is 9.43. The van der Waals surface area contributed by atoms with Gasteiger partial charge in [-0.3, -0.25) is 4.90 Å². The molecule has 0 saturated carbocycles. The molecule has 88 valence electrons. The van der Waals surface area contributed by atoms with Gasteiger partial charge in [-0.05, 0) is 31.0 Å². The van der Waals surface area contributed by atoms with Crippen LogP contribution in [0, 0.1) is 0 Å². The van der Waals surface area contributed by atoms with Gasteiger partial charge < -0.3 is 5.11 Å². The average molecular weight is 219 g/mol. The van der Waals surface area contributed by atoms with Crippen LogP contribution in [-0.2, 0) is 6.42 Å². The fourth-order valence-electron chi connectivity index (χ4n) is 2.74. The molecule has 0 bridgehead atoms. The van der Waals surface area contributed by atoms with Gasteiger partial charge in [-0.25, -0.2) is 0 Å². The Hall–Kier alpha value is -0.860. The lowest BCUT2D eigenvalue weighted by molar-refractivity contribution is 0.0916. The van der Waals surface area contributed by atoms with Crippen LogP contribution in [-0.4, -0.2) is 29.7 Å². The van der Waals surface area contributed by atoms with E-state index in [1.807, 2.05) is 0 Å². The van der Waals surface area contributed by atoms with Crippen LogP contribution in [0.25, 0.3) is 0 Å². The lowest BCUT2D eigenvalue weighted by Crippen LogP contribution is -2.43. The predicted molar refractivity (Wildman–Crippen MR) is 66.4 cm³/mol. The zero-order valence-corrected chi connectivity index (χ0v) is 10.2.